The van der Waals surface area contributed by atoms with E-state index in [0.717, 1.165) is 0 Å². The highest BCUT2D eigenvalue weighted by molar-refractivity contribution is 6.31. The lowest BCUT2D eigenvalue weighted by atomic mass is 10.1. The highest BCUT2D eigenvalue weighted by Crippen LogP contribution is 2.21. The molecule has 1 atom stereocenters. The van der Waals surface area contributed by atoms with Gasteiger partial charge in [0.05, 0.1) is 6.10 Å². The topological polar surface area (TPSA) is 87.1 Å². The maximum Gasteiger partial charge on any atom is 0.320 e. The summed E-state index contributed by atoms with van der Waals surface area (Å²) in [7, 11) is 0. The van der Waals surface area contributed by atoms with Crippen LogP contribution in [0.1, 0.15) is 11.7 Å². The summed E-state index contributed by atoms with van der Waals surface area (Å²) in [6.45, 7) is 0.0375. The molecule has 1 unspecified atom stereocenters. The number of carbonyl (C=O) groups is 1. The number of benzene rings is 1. The average molecular weight is 293 g/mol. The van der Waals surface area contributed by atoms with Crippen LogP contribution in [0.3, 0.4) is 0 Å². The van der Waals surface area contributed by atoms with Crippen LogP contribution < -0.4 is 10.6 Å². The first-order valence-corrected chi connectivity index (χ1v) is 6.29. The van der Waals surface area contributed by atoms with Crippen molar-refractivity contribution in [3.8, 4) is 0 Å². The lowest BCUT2D eigenvalue weighted by Crippen LogP contribution is -2.32. The normalized spacial score (nSPS) is 11.7. The van der Waals surface area contributed by atoms with Gasteiger partial charge in [-0.05, 0) is 18.2 Å². The molecule has 104 valence electrons. The third-order valence-electron chi connectivity index (χ3n) is 2.53. The van der Waals surface area contributed by atoms with E-state index >= 15 is 0 Å². The molecule has 0 aliphatic heterocycles. The Labute approximate surface area is 120 Å². The molecule has 0 spiro atoms. The summed E-state index contributed by atoms with van der Waals surface area (Å²) in [4.78, 5) is 11.6. The number of aromatic nitrogens is 2. The molecule has 2 rings (SSSR count). The van der Waals surface area contributed by atoms with Crippen LogP contribution in [0, 0.1) is 0 Å². The second-order valence-corrected chi connectivity index (χ2v) is 4.39. The minimum absolute atomic E-state index is 0.0375. The Bertz CT molecular complexity index is 580. The van der Waals surface area contributed by atoms with Gasteiger partial charge in [0.25, 0.3) is 0 Å². The Balaban J connectivity index is 1.86. The number of halogens is 1. The molecule has 1 heterocycles. The van der Waals surface area contributed by atoms with Crippen LogP contribution in [-0.2, 0) is 0 Å². The van der Waals surface area contributed by atoms with Gasteiger partial charge in [-0.15, -0.1) is 5.10 Å². The molecule has 0 saturated carbocycles. The lowest BCUT2D eigenvalue weighted by molar-refractivity contribution is 0.175. The van der Waals surface area contributed by atoms with Crippen molar-refractivity contribution >= 4 is 23.4 Å². The van der Waals surface area contributed by atoms with E-state index in [1.54, 1.807) is 36.4 Å². The van der Waals surface area contributed by atoms with Crippen LogP contribution in [0.15, 0.2) is 42.6 Å². The van der Waals surface area contributed by atoms with Crippen LogP contribution in [0.4, 0.5) is 10.6 Å². The van der Waals surface area contributed by atoms with Gasteiger partial charge in [-0.2, -0.15) is 5.10 Å². The molecular formula is C13H13ClN4O2. The van der Waals surface area contributed by atoms with E-state index in [4.69, 9.17) is 11.6 Å². The maximum absolute atomic E-state index is 11.6. The van der Waals surface area contributed by atoms with Gasteiger partial charge in [0.2, 0.25) is 0 Å². The number of nitrogens with zero attached hydrogens (tertiary/aromatic N) is 2. The number of hydrogen-bond donors (Lipinski definition) is 3. The van der Waals surface area contributed by atoms with Gasteiger partial charge in [0.1, 0.15) is 0 Å². The molecule has 6 nitrogen and oxygen atoms in total. The van der Waals surface area contributed by atoms with Gasteiger partial charge < -0.3 is 10.4 Å². The molecule has 2 aromatic rings. The first kappa shape index (κ1) is 14.2. The van der Waals surface area contributed by atoms with Gasteiger partial charge >= 0.3 is 6.03 Å². The summed E-state index contributed by atoms with van der Waals surface area (Å²) in [6.07, 6.45) is 0.626. The van der Waals surface area contributed by atoms with E-state index in [0.29, 0.717) is 16.4 Å². The number of hydrogen-bond acceptors (Lipinski definition) is 4. The highest BCUT2D eigenvalue weighted by Gasteiger charge is 2.12. The first-order valence-electron chi connectivity index (χ1n) is 5.92. The number of carbonyl (C=O) groups excluding carboxylic acids is 1. The predicted octanol–water partition coefficient (Wildman–Crippen LogP) is 1.99. The average Bonchev–Trinajstić information content (AvgIpc) is 2.46. The standard InChI is InChI=1S/C13H13ClN4O2/c14-10-5-2-1-4-9(10)11(19)8-15-13(20)17-12-6-3-7-16-18-12/h1-7,11,19H,8H2,(H2,15,17,18,20). The maximum atomic E-state index is 11.6. The largest absolute Gasteiger partial charge is 0.387 e. The fourth-order valence-electron chi connectivity index (χ4n) is 1.57. The summed E-state index contributed by atoms with van der Waals surface area (Å²) in [5.74, 6) is 0.331. The van der Waals surface area contributed by atoms with Crippen LogP contribution >= 0.6 is 11.6 Å². The second-order valence-electron chi connectivity index (χ2n) is 3.98. The van der Waals surface area contributed by atoms with Crippen molar-refractivity contribution in [1.29, 1.82) is 0 Å². The number of nitrogens with one attached hydrogen (secondary N) is 2. The quantitative estimate of drug-likeness (QED) is 0.804. The van der Waals surface area contributed by atoms with Crippen LogP contribution in [0.2, 0.25) is 5.02 Å². The van der Waals surface area contributed by atoms with Crippen LogP contribution in [0.25, 0.3) is 0 Å². The Hall–Kier alpha value is -2.18. The summed E-state index contributed by atoms with van der Waals surface area (Å²) < 4.78 is 0. The zero-order chi connectivity index (χ0) is 14.4. The molecule has 0 aliphatic carbocycles. The fraction of sp³-hybridized carbons (Fsp3) is 0.154. The summed E-state index contributed by atoms with van der Waals surface area (Å²) in [6, 6.07) is 9.71. The molecule has 1 aromatic carbocycles. The van der Waals surface area contributed by atoms with Crippen molar-refractivity contribution in [3.05, 3.63) is 53.2 Å². The van der Waals surface area contributed by atoms with E-state index in [2.05, 4.69) is 20.8 Å². The van der Waals surface area contributed by atoms with Crippen LogP contribution in [-0.4, -0.2) is 27.9 Å². The predicted molar refractivity (Wildman–Crippen MR) is 75.5 cm³/mol. The fourth-order valence-corrected chi connectivity index (χ4v) is 1.84. The Morgan fingerprint density at radius 3 is 2.80 bits per heavy atom. The van der Waals surface area contributed by atoms with Gasteiger partial charge in [-0.25, -0.2) is 4.79 Å². The molecule has 0 aliphatic rings. The zero-order valence-electron chi connectivity index (χ0n) is 10.5. The monoisotopic (exact) mass is 292 g/mol. The number of anilines is 1. The molecule has 2 amide bonds. The summed E-state index contributed by atoms with van der Waals surface area (Å²) >= 11 is 5.96. The number of amides is 2. The SMILES string of the molecule is O=C(NCC(O)c1ccccc1Cl)Nc1cccnn1. The zero-order valence-corrected chi connectivity index (χ0v) is 11.2. The van der Waals surface area contributed by atoms with Gasteiger partial charge in [-0.1, -0.05) is 29.8 Å². The molecule has 7 heteroatoms. The minimum Gasteiger partial charge on any atom is -0.387 e. The van der Waals surface area contributed by atoms with Crippen molar-refractivity contribution in [2.45, 2.75) is 6.10 Å². The van der Waals surface area contributed by atoms with Crippen molar-refractivity contribution in [2.24, 2.45) is 0 Å². The Morgan fingerprint density at radius 1 is 1.30 bits per heavy atom. The van der Waals surface area contributed by atoms with Crippen molar-refractivity contribution in [3.63, 3.8) is 0 Å². The number of urea groups is 1. The lowest BCUT2D eigenvalue weighted by Gasteiger charge is -2.13. The molecule has 20 heavy (non-hydrogen) atoms. The molecular weight excluding hydrogens is 280 g/mol. The summed E-state index contributed by atoms with van der Waals surface area (Å²) in [5, 5.41) is 22.8. The summed E-state index contributed by atoms with van der Waals surface area (Å²) in [5.41, 5.74) is 0.564. The third kappa shape index (κ3) is 3.91. The number of aliphatic hydroxyl groups excluding tert-OH is 1. The van der Waals surface area contributed by atoms with Crippen molar-refractivity contribution in [1.82, 2.24) is 15.5 Å². The molecule has 0 fully saturated rings. The van der Waals surface area contributed by atoms with Gasteiger partial charge in [0, 0.05) is 23.3 Å². The molecule has 0 bridgehead atoms. The van der Waals surface area contributed by atoms with Crippen LogP contribution in [0.5, 0.6) is 0 Å². The van der Waals surface area contributed by atoms with Crippen molar-refractivity contribution in [2.75, 3.05) is 11.9 Å². The van der Waals surface area contributed by atoms with E-state index in [9.17, 15) is 9.90 Å². The smallest absolute Gasteiger partial charge is 0.320 e. The van der Waals surface area contributed by atoms with E-state index in [1.165, 1.54) is 6.20 Å². The second kappa shape index (κ2) is 6.83. The van der Waals surface area contributed by atoms with Gasteiger partial charge in [0.15, 0.2) is 5.82 Å². The molecule has 1 aromatic heterocycles. The Morgan fingerprint density at radius 2 is 2.10 bits per heavy atom. The van der Waals surface area contributed by atoms with E-state index < -0.39 is 12.1 Å². The molecule has 3 N–H and O–H groups in total. The highest BCUT2D eigenvalue weighted by atomic mass is 35.5. The van der Waals surface area contributed by atoms with Gasteiger partial charge in [-0.3, -0.25) is 5.32 Å². The minimum atomic E-state index is -0.878. The van der Waals surface area contributed by atoms with Crippen molar-refractivity contribution < 1.29 is 9.90 Å². The molecule has 0 radical (unpaired) electrons. The number of rotatable bonds is 4. The molecule has 0 saturated heterocycles. The van der Waals surface area contributed by atoms with E-state index in [-0.39, 0.29) is 6.54 Å². The van der Waals surface area contributed by atoms with E-state index in [1.807, 2.05) is 0 Å². The first-order chi connectivity index (χ1) is 9.66. The third-order valence-corrected chi connectivity index (χ3v) is 2.88. The number of aliphatic hydroxyl groups is 1. The Kier molecular flexibility index (Phi) is 4.86.